The monoisotopic (exact) mass is 315 g/mol. The predicted octanol–water partition coefficient (Wildman–Crippen LogP) is 1.88. The summed E-state index contributed by atoms with van der Waals surface area (Å²) >= 11 is 3.67. The van der Waals surface area contributed by atoms with E-state index in [2.05, 4.69) is 44.9 Å². The Balaban J connectivity index is 2.29. The number of nitrogens with zero attached hydrogens (tertiary/aromatic N) is 2. The Morgan fingerprint density at radius 1 is 1.50 bits per heavy atom. The van der Waals surface area contributed by atoms with E-state index in [1.807, 2.05) is 0 Å². The number of halogens is 1. The lowest BCUT2D eigenvalue weighted by Gasteiger charge is -2.27. The van der Waals surface area contributed by atoms with Gasteiger partial charge in [-0.3, -0.25) is 4.68 Å². The number of rotatable bonds is 5. The second kappa shape index (κ2) is 5.72. The molecule has 1 saturated heterocycles. The molecule has 0 amide bonds. The number of hydrogen-bond donors (Lipinski definition) is 2. The number of aliphatic hydroxyl groups is 1. The standard InChI is InChI=1S/C13H22BrN3O/c1-3-10-12(14)11(17(4-2)16-10)8-13(9-18)6-5-7-15-13/h15,18H,3-9H2,1-2H3. The van der Waals surface area contributed by atoms with Crippen LogP contribution in [0.25, 0.3) is 0 Å². The highest BCUT2D eigenvalue weighted by molar-refractivity contribution is 9.10. The molecule has 0 spiro atoms. The van der Waals surface area contributed by atoms with Gasteiger partial charge in [-0.05, 0) is 48.7 Å². The second-order valence-electron chi connectivity index (χ2n) is 5.02. The zero-order chi connectivity index (χ0) is 13.2. The fraction of sp³-hybridized carbons (Fsp3) is 0.769. The van der Waals surface area contributed by atoms with Gasteiger partial charge in [0.1, 0.15) is 0 Å². The van der Waals surface area contributed by atoms with Crippen LogP contribution in [0.3, 0.4) is 0 Å². The molecule has 1 aliphatic rings. The summed E-state index contributed by atoms with van der Waals surface area (Å²) in [6.45, 7) is 6.28. The molecule has 1 aromatic rings. The first-order valence-electron chi connectivity index (χ1n) is 6.75. The van der Waals surface area contributed by atoms with Gasteiger partial charge in [-0.15, -0.1) is 0 Å². The smallest absolute Gasteiger partial charge is 0.0766 e. The molecule has 2 heterocycles. The lowest BCUT2D eigenvalue weighted by atomic mass is 9.92. The van der Waals surface area contributed by atoms with Crippen LogP contribution >= 0.6 is 15.9 Å². The van der Waals surface area contributed by atoms with E-state index >= 15 is 0 Å². The number of nitrogens with one attached hydrogen (secondary N) is 1. The Morgan fingerprint density at radius 3 is 2.78 bits per heavy atom. The third kappa shape index (κ3) is 2.49. The highest BCUT2D eigenvalue weighted by atomic mass is 79.9. The average Bonchev–Trinajstić information content (AvgIpc) is 2.97. The van der Waals surface area contributed by atoms with Crippen molar-refractivity contribution < 1.29 is 5.11 Å². The molecular formula is C13H22BrN3O. The highest BCUT2D eigenvalue weighted by Gasteiger charge is 2.35. The Bertz CT molecular complexity index is 411. The van der Waals surface area contributed by atoms with E-state index in [0.29, 0.717) is 0 Å². The van der Waals surface area contributed by atoms with Crippen molar-refractivity contribution in [3.8, 4) is 0 Å². The molecule has 4 nitrogen and oxygen atoms in total. The molecule has 18 heavy (non-hydrogen) atoms. The van der Waals surface area contributed by atoms with E-state index in [0.717, 1.165) is 48.9 Å². The van der Waals surface area contributed by atoms with Crippen LogP contribution in [-0.4, -0.2) is 33.6 Å². The fourth-order valence-corrected chi connectivity index (χ4v) is 3.42. The predicted molar refractivity (Wildman–Crippen MR) is 75.7 cm³/mol. The van der Waals surface area contributed by atoms with E-state index in [9.17, 15) is 5.11 Å². The van der Waals surface area contributed by atoms with Crippen molar-refractivity contribution in [3.05, 3.63) is 15.9 Å². The third-order valence-corrected chi connectivity index (χ3v) is 4.75. The van der Waals surface area contributed by atoms with E-state index in [-0.39, 0.29) is 12.1 Å². The molecule has 102 valence electrons. The average molecular weight is 316 g/mol. The molecule has 5 heteroatoms. The summed E-state index contributed by atoms with van der Waals surface area (Å²) in [6, 6.07) is 0. The Morgan fingerprint density at radius 2 is 2.28 bits per heavy atom. The van der Waals surface area contributed by atoms with Gasteiger partial charge in [-0.1, -0.05) is 6.92 Å². The first-order valence-corrected chi connectivity index (χ1v) is 7.55. The fourth-order valence-electron chi connectivity index (χ4n) is 2.72. The van der Waals surface area contributed by atoms with Gasteiger partial charge in [0, 0.05) is 18.5 Å². The van der Waals surface area contributed by atoms with E-state index in [4.69, 9.17) is 0 Å². The summed E-state index contributed by atoms with van der Waals surface area (Å²) in [6.07, 6.45) is 3.94. The zero-order valence-electron chi connectivity index (χ0n) is 11.2. The van der Waals surface area contributed by atoms with Crippen LogP contribution in [0.15, 0.2) is 4.47 Å². The molecule has 0 saturated carbocycles. The molecule has 0 radical (unpaired) electrons. The summed E-state index contributed by atoms with van der Waals surface area (Å²) in [5.74, 6) is 0. The minimum Gasteiger partial charge on any atom is -0.394 e. The normalized spacial score (nSPS) is 23.8. The van der Waals surface area contributed by atoms with Gasteiger partial charge < -0.3 is 10.4 Å². The maximum Gasteiger partial charge on any atom is 0.0766 e. The molecule has 0 bridgehead atoms. The van der Waals surface area contributed by atoms with Gasteiger partial charge in [0.2, 0.25) is 0 Å². The van der Waals surface area contributed by atoms with Crippen molar-refractivity contribution in [2.75, 3.05) is 13.2 Å². The molecule has 1 aliphatic heterocycles. The van der Waals surface area contributed by atoms with Crippen molar-refractivity contribution in [1.29, 1.82) is 0 Å². The van der Waals surface area contributed by atoms with Crippen LogP contribution in [0.1, 0.15) is 38.1 Å². The largest absolute Gasteiger partial charge is 0.394 e. The van der Waals surface area contributed by atoms with Crippen molar-refractivity contribution in [1.82, 2.24) is 15.1 Å². The molecule has 1 atom stereocenters. The summed E-state index contributed by atoms with van der Waals surface area (Å²) in [4.78, 5) is 0. The van der Waals surface area contributed by atoms with Crippen LogP contribution in [0.5, 0.6) is 0 Å². The minimum absolute atomic E-state index is 0.152. The van der Waals surface area contributed by atoms with Crippen molar-refractivity contribution in [2.24, 2.45) is 0 Å². The van der Waals surface area contributed by atoms with Crippen molar-refractivity contribution in [3.63, 3.8) is 0 Å². The summed E-state index contributed by atoms with van der Waals surface area (Å²) in [5.41, 5.74) is 2.16. The third-order valence-electron chi connectivity index (χ3n) is 3.83. The first kappa shape index (κ1) is 14.0. The van der Waals surface area contributed by atoms with Crippen LogP contribution in [-0.2, 0) is 19.4 Å². The maximum atomic E-state index is 9.69. The number of aryl methyl sites for hydroxylation is 2. The van der Waals surface area contributed by atoms with Gasteiger partial charge in [0.05, 0.1) is 22.5 Å². The second-order valence-corrected chi connectivity index (χ2v) is 5.82. The zero-order valence-corrected chi connectivity index (χ0v) is 12.8. The molecular weight excluding hydrogens is 294 g/mol. The minimum atomic E-state index is -0.152. The van der Waals surface area contributed by atoms with Gasteiger partial charge in [-0.2, -0.15) is 5.10 Å². The van der Waals surface area contributed by atoms with E-state index < -0.39 is 0 Å². The number of aromatic nitrogens is 2. The lowest BCUT2D eigenvalue weighted by Crippen LogP contribution is -2.46. The SMILES string of the molecule is CCc1nn(CC)c(CC2(CO)CCCN2)c1Br. The molecule has 2 N–H and O–H groups in total. The van der Waals surface area contributed by atoms with Gasteiger partial charge in [0.25, 0.3) is 0 Å². The summed E-state index contributed by atoms with van der Waals surface area (Å²) in [7, 11) is 0. The van der Waals surface area contributed by atoms with E-state index in [1.165, 1.54) is 5.69 Å². The molecule has 0 aromatic carbocycles. The number of aliphatic hydroxyl groups excluding tert-OH is 1. The van der Waals surface area contributed by atoms with Crippen molar-refractivity contribution in [2.45, 2.75) is 51.6 Å². The van der Waals surface area contributed by atoms with Gasteiger partial charge in [0.15, 0.2) is 0 Å². The van der Waals surface area contributed by atoms with Crippen LogP contribution in [0.4, 0.5) is 0 Å². The molecule has 1 aromatic heterocycles. The van der Waals surface area contributed by atoms with Gasteiger partial charge in [-0.25, -0.2) is 0 Å². The molecule has 0 aliphatic carbocycles. The Labute approximate surface area is 117 Å². The van der Waals surface area contributed by atoms with Crippen LogP contribution < -0.4 is 5.32 Å². The topological polar surface area (TPSA) is 50.1 Å². The molecule has 2 rings (SSSR count). The van der Waals surface area contributed by atoms with Crippen LogP contribution in [0, 0.1) is 0 Å². The first-order chi connectivity index (χ1) is 8.65. The maximum absolute atomic E-state index is 9.69. The summed E-state index contributed by atoms with van der Waals surface area (Å²) < 4.78 is 3.17. The van der Waals surface area contributed by atoms with Gasteiger partial charge >= 0.3 is 0 Å². The summed E-state index contributed by atoms with van der Waals surface area (Å²) in [5, 5.41) is 17.8. The highest BCUT2D eigenvalue weighted by Crippen LogP contribution is 2.29. The van der Waals surface area contributed by atoms with Crippen LogP contribution in [0.2, 0.25) is 0 Å². The lowest BCUT2D eigenvalue weighted by molar-refractivity contribution is 0.175. The Kier molecular flexibility index (Phi) is 4.45. The molecule has 1 unspecified atom stereocenters. The number of hydrogen-bond acceptors (Lipinski definition) is 3. The molecule has 1 fully saturated rings. The van der Waals surface area contributed by atoms with E-state index in [1.54, 1.807) is 0 Å². The Hall–Kier alpha value is -0.390. The van der Waals surface area contributed by atoms with Crippen molar-refractivity contribution >= 4 is 15.9 Å². The quantitative estimate of drug-likeness (QED) is 0.872.